The Morgan fingerprint density at radius 1 is 1.00 bits per heavy atom. The molecule has 3 aromatic rings. The van der Waals surface area contributed by atoms with Crippen LogP contribution >= 0.6 is 0 Å². The number of ketones is 1. The SMILES string of the molecule is Cc1ccc(C(=O)C[n+]2ccc(-c3ccccc3)nc2)cc1. The molecule has 3 rings (SSSR count). The van der Waals surface area contributed by atoms with Crippen LogP contribution in [-0.2, 0) is 6.54 Å². The molecule has 0 amide bonds. The van der Waals surface area contributed by atoms with E-state index in [9.17, 15) is 4.79 Å². The molecule has 0 atom stereocenters. The van der Waals surface area contributed by atoms with Crippen molar-refractivity contribution in [3.63, 3.8) is 0 Å². The van der Waals surface area contributed by atoms with Gasteiger partial charge < -0.3 is 0 Å². The molecule has 3 heteroatoms. The maximum atomic E-state index is 12.2. The van der Waals surface area contributed by atoms with E-state index >= 15 is 0 Å². The summed E-state index contributed by atoms with van der Waals surface area (Å²) in [6, 6.07) is 19.5. The molecule has 0 spiro atoms. The van der Waals surface area contributed by atoms with Crippen molar-refractivity contribution < 1.29 is 9.36 Å². The molecule has 108 valence electrons. The van der Waals surface area contributed by atoms with Gasteiger partial charge in [-0.2, -0.15) is 0 Å². The fourth-order valence-electron chi connectivity index (χ4n) is 2.25. The van der Waals surface area contributed by atoms with Crippen molar-refractivity contribution >= 4 is 5.78 Å². The zero-order valence-corrected chi connectivity index (χ0v) is 12.4. The van der Waals surface area contributed by atoms with Gasteiger partial charge in [0.2, 0.25) is 5.78 Å². The molecule has 1 heterocycles. The zero-order valence-electron chi connectivity index (χ0n) is 12.4. The maximum Gasteiger partial charge on any atom is 0.287 e. The Bertz CT molecular complexity index is 763. The number of Topliss-reactive ketones (excluding diaryl/α,β-unsaturated/α-hetero) is 1. The minimum absolute atomic E-state index is 0.0826. The smallest absolute Gasteiger partial charge is 0.287 e. The molecule has 0 fully saturated rings. The summed E-state index contributed by atoms with van der Waals surface area (Å²) in [5, 5.41) is 0. The van der Waals surface area contributed by atoms with Crippen molar-refractivity contribution in [2.24, 2.45) is 0 Å². The van der Waals surface area contributed by atoms with Crippen LogP contribution in [0.5, 0.6) is 0 Å². The van der Waals surface area contributed by atoms with E-state index in [0.717, 1.165) is 22.4 Å². The van der Waals surface area contributed by atoms with Crippen LogP contribution in [0.4, 0.5) is 0 Å². The van der Waals surface area contributed by atoms with E-state index in [1.807, 2.05) is 73.8 Å². The van der Waals surface area contributed by atoms with Gasteiger partial charge in [-0.05, 0) is 11.9 Å². The van der Waals surface area contributed by atoms with Gasteiger partial charge in [0.15, 0.2) is 12.2 Å². The molecule has 0 aliphatic rings. The number of hydrogen-bond acceptors (Lipinski definition) is 2. The van der Waals surface area contributed by atoms with E-state index < -0.39 is 0 Å². The molecule has 0 radical (unpaired) electrons. The van der Waals surface area contributed by atoms with E-state index in [1.54, 1.807) is 10.9 Å². The van der Waals surface area contributed by atoms with Crippen molar-refractivity contribution in [3.05, 3.63) is 84.3 Å². The van der Waals surface area contributed by atoms with Crippen LogP contribution in [0.1, 0.15) is 15.9 Å². The molecular weight excluding hydrogens is 272 g/mol. The van der Waals surface area contributed by atoms with Crippen molar-refractivity contribution in [1.29, 1.82) is 0 Å². The van der Waals surface area contributed by atoms with E-state index in [0.29, 0.717) is 6.54 Å². The molecular formula is C19H17N2O+. The topological polar surface area (TPSA) is 33.8 Å². The standard InChI is InChI=1S/C19H17N2O/c1-15-7-9-17(10-8-15)19(22)13-21-12-11-18(20-14-21)16-5-3-2-4-6-16/h2-12,14H,13H2,1H3/q+1. The normalized spacial score (nSPS) is 10.4. The highest BCUT2D eigenvalue weighted by molar-refractivity contribution is 5.95. The number of aryl methyl sites for hydroxylation is 1. The van der Waals surface area contributed by atoms with Crippen LogP contribution in [0.3, 0.4) is 0 Å². The Labute approximate surface area is 129 Å². The van der Waals surface area contributed by atoms with Crippen LogP contribution in [0.15, 0.2) is 73.2 Å². The molecule has 2 aromatic carbocycles. The lowest BCUT2D eigenvalue weighted by molar-refractivity contribution is -0.686. The summed E-state index contributed by atoms with van der Waals surface area (Å²) in [6.45, 7) is 2.31. The largest absolute Gasteiger partial charge is 0.290 e. The second kappa shape index (κ2) is 6.31. The minimum Gasteiger partial charge on any atom is -0.290 e. The summed E-state index contributed by atoms with van der Waals surface area (Å²) in [4.78, 5) is 16.7. The van der Waals surface area contributed by atoms with Gasteiger partial charge >= 0.3 is 0 Å². The average molecular weight is 289 g/mol. The van der Waals surface area contributed by atoms with E-state index in [2.05, 4.69) is 4.98 Å². The number of nitrogens with zero attached hydrogens (tertiary/aromatic N) is 2. The monoisotopic (exact) mass is 289 g/mol. The van der Waals surface area contributed by atoms with Crippen LogP contribution in [0.25, 0.3) is 11.3 Å². The average Bonchev–Trinajstić information content (AvgIpc) is 2.57. The van der Waals surface area contributed by atoms with Gasteiger partial charge in [0.1, 0.15) is 0 Å². The van der Waals surface area contributed by atoms with Crippen LogP contribution in [0, 0.1) is 6.92 Å². The zero-order chi connectivity index (χ0) is 15.4. The predicted molar refractivity (Wildman–Crippen MR) is 85.4 cm³/mol. The predicted octanol–water partition coefficient (Wildman–Crippen LogP) is 3.23. The quantitative estimate of drug-likeness (QED) is 0.546. The summed E-state index contributed by atoms with van der Waals surface area (Å²) < 4.78 is 1.80. The summed E-state index contributed by atoms with van der Waals surface area (Å²) in [6.07, 6.45) is 3.59. The fourth-order valence-corrected chi connectivity index (χ4v) is 2.25. The number of carbonyl (C=O) groups excluding carboxylic acids is 1. The van der Waals surface area contributed by atoms with Crippen molar-refractivity contribution in [3.8, 4) is 11.3 Å². The van der Waals surface area contributed by atoms with Gasteiger partial charge in [-0.15, -0.1) is 0 Å². The summed E-state index contributed by atoms with van der Waals surface area (Å²) in [7, 11) is 0. The lowest BCUT2D eigenvalue weighted by Crippen LogP contribution is -2.37. The Hall–Kier alpha value is -2.81. The first-order chi connectivity index (χ1) is 10.7. The van der Waals surface area contributed by atoms with E-state index in [-0.39, 0.29) is 5.78 Å². The molecule has 0 N–H and O–H groups in total. The second-order valence-electron chi connectivity index (χ2n) is 5.27. The Morgan fingerprint density at radius 3 is 2.36 bits per heavy atom. The van der Waals surface area contributed by atoms with Crippen molar-refractivity contribution in [2.75, 3.05) is 0 Å². The molecule has 0 aliphatic heterocycles. The molecule has 0 unspecified atom stereocenters. The highest BCUT2D eigenvalue weighted by Gasteiger charge is 2.11. The van der Waals surface area contributed by atoms with Crippen LogP contribution < -0.4 is 4.57 Å². The number of rotatable bonds is 4. The third-order valence-electron chi connectivity index (χ3n) is 3.54. The third kappa shape index (κ3) is 3.26. The maximum absolute atomic E-state index is 12.2. The van der Waals surface area contributed by atoms with Gasteiger partial charge in [0, 0.05) is 17.2 Å². The van der Waals surface area contributed by atoms with Crippen LogP contribution in [0.2, 0.25) is 0 Å². The summed E-state index contributed by atoms with van der Waals surface area (Å²) in [5.74, 6) is 0.0826. The van der Waals surface area contributed by atoms with Crippen LogP contribution in [-0.4, -0.2) is 10.8 Å². The molecule has 0 saturated carbocycles. The van der Waals surface area contributed by atoms with Crippen molar-refractivity contribution in [1.82, 2.24) is 4.98 Å². The Balaban J connectivity index is 1.73. The first-order valence-corrected chi connectivity index (χ1v) is 7.23. The molecule has 3 nitrogen and oxygen atoms in total. The Morgan fingerprint density at radius 2 is 1.73 bits per heavy atom. The van der Waals surface area contributed by atoms with Gasteiger partial charge in [-0.1, -0.05) is 60.2 Å². The van der Waals surface area contributed by atoms with Gasteiger partial charge in [0.25, 0.3) is 6.33 Å². The van der Waals surface area contributed by atoms with E-state index in [1.165, 1.54) is 0 Å². The number of carbonyl (C=O) groups is 1. The summed E-state index contributed by atoms with van der Waals surface area (Å²) >= 11 is 0. The lowest BCUT2D eigenvalue weighted by atomic mass is 10.1. The van der Waals surface area contributed by atoms with E-state index in [4.69, 9.17) is 0 Å². The lowest BCUT2D eigenvalue weighted by Gasteiger charge is -2.01. The van der Waals surface area contributed by atoms with Gasteiger partial charge in [-0.25, -0.2) is 4.57 Å². The minimum atomic E-state index is 0.0826. The van der Waals surface area contributed by atoms with Gasteiger partial charge in [0.05, 0.1) is 6.20 Å². The fraction of sp³-hybridized carbons (Fsp3) is 0.105. The molecule has 0 bridgehead atoms. The molecule has 22 heavy (non-hydrogen) atoms. The van der Waals surface area contributed by atoms with Gasteiger partial charge in [-0.3, -0.25) is 4.79 Å². The number of aromatic nitrogens is 2. The second-order valence-corrected chi connectivity index (χ2v) is 5.27. The molecule has 0 aliphatic carbocycles. The first kappa shape index (κ1) is 14.1. The third-order valence-corrected chi connectivity index (χ3v) is 3.54. The molecule has 1 aromatic heterocycles. The Kier molecular flexibility index (Phi) is 4.05. The number of hydrogen-bond donors (Lipinski definition) is 0. The van der Waals surface area contributed by atoms with Crippen molar-refractivity contribution in [2.45, 2.75) is 13.5 Å². The first-order valence-electron chi connectivity index (χ1n) is 7.23. The number of benzene rings is 2. The highest BCUT2D eigenvalue weighted by atomic mass is 16.1. The highest BCUT2D eigenvalue weighted by Crippen LogP contribution is 2.13. The molecule has 0 saturated heterocycles. The summed E-state index contributed by atoms with van der Waals surface area (Å²) in [5.41, 5.74) is 3.85.